The van der Waals surface area contributed by atoms with Crippen LogP contribution in [0.25, 0.3) is 11.4 Å². The summed E-state index contributed by atoms with van der Waals surface area (Å²) in [5, 5.41) is 6.87. The summed E-state index contributed by atoms with van der Waals surface area (Å²) in [6.45, 7) is 1.05. The minimum atomic E-state index is -0.122. The van der Waals surface area contributed by atoms with Gasteiger partial charge in [-0.2, -0.15) is 4.98 Å². The third-order valence-corrected chi connectivity index (χ3v) is 3.55. The number of hydrogen-bond donors (Lipinski definition) is 1. The molecule has 0 saturated carbocycles. The molecule has 1 unspecified atom stereocenters. The maximum absolute atomic E-state index is 12.1. The lowest BCUT2D eigenvalue weighted by molar-refractivity contribution is -0.131. The molecule has 3 rings (SSSR count). The van der Waals surface area contributed by atoms with Gasteiger partial charge in [0.15, 0.2) is 0 Å². The average Bonchev–Trinajstić information content (AvgIpc) is 3.17. The van der Waals surface area contributed by atoms with Gasteiger partial charge in [0.25, 0.3) is 0 Å². The molecule has 0 spiro atoms. The molecule has 1 aliphatic heterocycles. The maximum atomic E-state index is 12.1. The van der Waals surface area contributed by atoms with E-state index < -0.39 is 0 Å². The van der Waals surface area contributed by atoms with Gasteiger partial charge in [-0.3, -0.25) is 9.78 Å². The Morgan fingerprint density at radius 1 is 1.57 bits per heavy atom. The van der Waals surface area contributed by atoms with Crippen LogP contribution in [0.15, 0.2) is 29.0 Å². The van der Waals surface area contributed by atoms with Gasteiger partial charge in [-0.05, 0) is 32.0 Å². The Morgan fingerprint density at radius 2 is 2.48 bits per heavy atom. The van der Waals surface area contributed by atoms with E-state index in [4.69, 9.17) is 4.52 Å². The van der Waals surface area contributed by atoms with Crippen LogP contribution in [0.2, 0.25) is 0 Å². The van der Waals surface area contributed by atoms with Crippen molar-refractivity contribution in [1.82, 2.24) is 25.3 Å². The second kappa shape index (κ2) is 6.01. The van der Waals surface area contributed by atoms with Crippen LogP contribution in [-0.2, 0) is 4.79 Å². The first-order chi connectivity index (χ1) is 10.3. The van der Waals surface area contributed by atoms with Crippen LogP contribution in [0.4, 0.5) is 0 Å². The number of amides is 1. The van der Waals surface area contributed by atoms with Crippen LogP contribution in [0, 0.1) is 0 Å². The van der Waals surface area contributed by atoms with Crippen LogP contribution in [0.1, 0.15) is 24.8 Å². The average molecular weight is 287 g/mol. The zero-order chi connectivity index (χ0) is 14.7. The van der Waals surface area contributed by atoms with Crippen molar-refractivity contribution < 1.29 is 9.32 Å². The zero-order valence-corrected chi connectivity index (χ0v) is 11.8. The number of aromatic nitrogens is 3. The smallest absolute Gasteiger partial charge is 0.249 e. The van der Waals surface area contributed by atoms with E-state index in [1.54, 1.807) is 24.3 Å². The molecule has 1 aliphatic rings. The number of hydrogen-bond acceptors (Lipinski definition) is 6. The van der Waals surface area contributed by atoms with Crippen molar-refractivity contribution in [3.63, 3.8) is 0 Å². The predicted molar refractivity (Wildman–Crippen MR) is 75.1 cm³/mol. The first-order valence-corrected chi connectivity index (χ1v) is 6.97. The summed E-state index contributed by atoms with van der Waals surface area (Å²) >= 11 is 0. The molecule has 110 valence electrons. The standard InChI is InChI=1S/C14H17N5O2/c1-15-9-12(20)19-7-3-5-11(19)14-17-13(18-21-14)10-4-2-6-16-8-10/h2,4,6,8,11,15H,3,5,7,9H2,1H3. The SMILES string of the molecule is CNCC(=O)N1CCCC1c1nc(-c2cccnc2)no1. The molecule has 1 fully saturated rings. The minimum Gasteiger partial charge on any atom is -0.337 e. The number of likely N-dealkylation sites (N-methyl/N-ethyl adjacent to an activating group) is 1. The Labute approximate surface area is 122 Å². The van der Waals surface area contributed by atoms with Crippen molar-refractivity contribution >= 4 is 5.91 Å². The van der Waals surface area contributed by atoms with Gasteiger partial charge in [-0.1, -0.05) is 5.16 Å². The number of rotatable bonds is 4. The summed E-state index contributed by atoms with van der Waals surface area (Å²) in [6, 6.07) is 3.58. The van der Waals surface area contributed by atoms with Crippen LogP contribution >= 0.6 is 0 Å². The maximum Gasteiger partial charge on any atom is 0.249 e. The normalized spacial score (nSPS) is 18.1. The summed E-state index contributed by atoms with van der Waals surface area (Å²) in [6.07, 6.45) is 5.18. The van der Waals surface area contributed by atoms with Gasteiger partial charge in [-0.25, -0.2) is 0 Å². The van der Waals surface area contributed by atoms with E-state index in [2.05, 4.69) is 20.4 Å². The van der Waals surface area contributed by atoms with E-state index in [1.165, 1.54) is 0 Å². The second-order valence-corrected chi connectivity index (χ2v) is 4.97. The van der Waals surface area contributed by atoms with Crippen molar-refractivity contribution in [3.05, 3.63) is 30.4 Å². The first-order valence-electron chi connectivity index (χ1n) is 6.97. The number of nitrogens with zero attached hydrogens (tertiary/aromatic N) is 4. The first kappa shape index (κ1) is 13.7. The fourth-order valence-corrected chi connectivity index (χ4v) is 2.56. The van der Waals surface area contributed by atoms with Crippen LogP contribution < -0.4 is 5.32 Å². The molecule has 2 aromatic rings. The van der Waals surface area contributed by atoms with E-state index in [1.807, 2.05) is 12.1 Å². The third kappa shape index (κ3) is 2.78. The molecular formula is C14H17N5O2. The lowest BCUT2D eigenvalue weighted by atomic mass is 10.2. The third-order valence-electron chi connectivity index (χ3n) is 3.55. The summed E-state index contributed by atoms with van der Waals surface area (Å²) in [5.74, 6) is 1.06. The highest BCUT2D eigenvalue weighted by atomic mass is 16.5. The number of nitrogens with one attached hydrogen (secondary N) is 1. The molecule has 0 aliphatic carbocycles. The molecule has 7 nitrogen and oxygen atoms in total. The highest BCUT2D eigenvalue weighted by molar-refractivity contribution is 5.78. The Hall–Kier alpha value is -2.28. The van der Waals surface area contributed by atoms with Crippen molar-refractivity contribution in [2.24, 2.45) is 0 Å². The van der Waals surface area contributed by atoms with E-state index in [-0.39, 0.29) is 11.9 Å². The number of likely N-dealkylation sites (tertiary alicyclic amines) is 1. The van der Waals surface area contributed by atoms with Gasteiger partial charge in [-0.15, -0.1) is 0 Å². The largest absolute Gasteiger partial charge is 0.337 e. The topological polar surface area (TPSA) is 84.2 Å². The van der Waals surface area contributed by atoms with Gasteiger partial charge >= 0.3 is 0 Å². The van der Waals surface area contributed by atoms with Crippen molar-refractivity contribution in [1.29, 1.82) is 0 Å². The Balaban J connectivity index is 1.81. The summed E-state index contributed by atoms with van der Waals surface area (Å²) in [4.78, 5) is 22.3. The quantitative estimate of drug-likeness (QED) is 0.903. The lowest BCUT2D eigenvalue weighted by Crippen LogP contribution is -2.36. The van der Waals surface area contributed by atoms with Crippen molar-refractivity contribution in [2.75, 3.05) is 20.1 Å². The molecule has 0 aromatic carbocycles. The molecule has 1 N–H and O–H groups in total. The number of carbonyl (C=O) groups excluding carboxylic acids is 1. The van der Waals surface area contributed by atoms with Gasteiger partial charge in [0.1, 0.15) is 6.04 Å². The molecule has 2 aromatic heterocycles. The van der Waals surface area contributed by atoms with Crippen LogP contribution in [0.5, 0.6) is 0 Å². The second-order valence-electron chi connectivity index (χ2n) is 4.97. The Bertz CT molecular complexity index is 613. The molecule has 21 heavy (non-hydrogen) atoms. The predicted octanol–water partition coefficient (Wildman–Crippen LogP) is 1.01. The van der Waals surface area contributed by atoms with E-state index in [9.17, 15) is 4.79 Å². The lowest BCUT2D eigenvalue weighted by Gasteiger charge is -2.21. The van der Waals surface area contributed by atoms with Crippen molar-refractivity contribution in [2.45, 2.75) is 18.9 Å². The monoisotopic (exact) mass is 287 g/mol. The Morgan fingerprint density at radius 3 is 3.24 bits per heavy atom. The summed E-state index contributed by atoms with van der Waals surface area (Å²) in [5.41, 5.74) is 0.804. The highest BCUT2D eigenvalue weighted by Crippen LogP contribution is 2.31. The Kier molecular flexibility index (Phi) is 3.92. The van der Waals surface area contributed by atoms with E-state index >= 15 is 0 Å². The minimum absolute atomic E-state index is 0.0566. The molecule has 3 heterocycles. The van der Waals surface area contributed by atoms with Gasteiger partial charge in [0, 0.05) is 24.5 Å². The molecule has 7 heteroatoms. The summed E-state index contributed by atoms with van der Waals surface area (Å²) < 4.78 is 5.36. The van der Waals surface area contributed by atoms with Crippen LogP contribution in [0.3, 0.4) is 0 Å². The van der Waals surface area contributed by atoms with E-state index in [0.717, 1.165) is 24.9 Å². The molecule has 0 radical (unpaired) electrons. The molecular weight excluding hydrogens is 270 g/mol. The van der Waals surface area contributed by atoms with Crippen LogP contribution in [-0.4, -0.2) is 46.1 Å². The zero-order valence-electron chi connectivity index (χ0n) is 11.8. The molecule has 0 bridgehead atoms. The van der Waals surface area contributed by atoms with Gasteiger partial charge in [0.2, 0.25) is 17.6 Å². The summed E-state index contributed by atoms with van der Waals surface area (Å²) in [7, 11) is 1.76. The van der Waals surface area contributed by atoms with Gasteiger partial charge < -0.3 is 14.7 Å². The van der Waals surface area contributed by atoms with Crippen molar-refractivity contribution in [3.8, 4) is 11.4 Å². The fourth-order valence-electron chi connectivity index (χ4n) is 2.56. The molecule has 1 saturated heterocycles. The molecule has 1 amide bonds. The highest BCUT2D eigenvalue weighted by Gasteiger charge is 2.33. The number of pyridine rings is 1. The number of carbonyl (C=O) groups is 1. The van der Waals surface area contributed by atoms with Gasteiger partial charge in [0.05, 0.1) is 6.54 Å². The fraction of sp³-hybridized carbons (Fsp3) is 0.429. The van der Waals surface area contributed by atoms with E-state index in [0.29, 0.717) is 18.3 Å². The molecule has 1 atom stereocenters.